The van der Waals surface area contributed by atoms with E-state index in [0.717, 1.165) is 48.3 Å². The molecule has 2 heterocycles. The number of aromatic nitrogens is 1. The van der Waals surface area contributed by atoms with Crippen molar-refractivity contribution in [2.75, 3.05) is 32.8 Å². The van der Waals surface area contributed by atoms with Crippen LogP contribution < -0.4 is 14.2 Å². The monoisotopic (exact) mass is 719 g/mol. The molecule has 0 aliphatic carbocycles. The van der Waals surface area contributed by atoms with Gasteiger partial charge in [-0.05, 0) is 96.6 Å². The van der Waals surface area contributed by atoms with Gasteiger partial charge in [0.2, 0.25) is 11.8 Å². The predicted octanol–water partition coefficient (Wildman–Crippen LogP) is 9.23. The second kappa shape index (κ2) is 17.4. The number of piperazine rings is 1. The maximum absolute atomic E-state index is 13.3. The third kappa shape index (κ3) is 10.2. The Morgan fingerprint density at radius 1 is 0.827 bits per heavy atom. The van der Waals surface area contributed by atoms with Crippen molar-refractivity contribution in [1.82, 2.24) is 14.8 Å². The first-order chi connectivity index (χ1) is 25.2. The van der Waals surface area contributed by atoms with Crippen LogP contribution in [0.25, 0.3) is 5.57 Å². The van der Waals surface area contributed by atoms with Crippen LogP contribution in [0.3, 0.4) is 0 Å². The van der Waals surface area contributed by atoms with Gasteiger partial charge >= 0.3 is 0 Å². The standard InChI is InChI=1S/C43H43ClFN3O4/c1-30-4-6-35(7-5-30)29-51-39-16-17-41(46-27-39)52-43-32(3)24-36(26-40(43)44)31(2)25-42(49)48-21-19-47(20-22-48)28-34-10-8-33(9-11-34)18-23-50-38-14-12-37(45)13-15-38/h4-17,24-27H,18-23,28-29H2,1-3H3. The van der Waals surface area contributed by atoms with Crippen LogP contribution in [-0.2, 0) is 24.4 Å². The summed E-state index contributed by atoms with van der Waals surface area (Å²) < 4.78 is 30.7. The maximum atomic E-state index is 13.3. The van der Waals surface area contributed by atoms with Crippen LogP contribution in [0.2, 0.25) is 5.02 Å². The third-order valence-electron chi connectivity index (χ3n) is 9.05. The van der Waals surface area contributed by atoms with E-state index in [-0.39, 0.29) is 11.7 Å². The van der Waals surface area contributed by atoms with Gasteiger partial charge in [0.15, 0.2) is 5.75 Å². The first-order valence-electron chi connectivity index (χ1n) is 17.5. The van der Waals surface area contributed by atoms with Gasteiger partial charge in [0, 0.05) is 51.3 Å². The molecule has 6 rings (SSSR count). The van der Waals surface area contributed by atoms with E-state index < -0.39 is 0 Å². The third-order valence-corrected chi connectivity index (χ3v) is 9.33. The highest BCUT2D eigenvalue weighted by Gasteiger charge is 2.21. The van der Waals surface area contributed by atoms with E-state index in [1.54, 1.807) is 30.5 Å². The number of hydrogen-bond donors (Lipinski definition) is 0. The Balaban J connectivity index is 0.955. The fraction of sp³-hybridized carbons (Fsp3) is 0.256. The summed E-state index contributed by atoms with van der Waals surface area (Å²) >= 11 is 6.69. The zero-order valence-corrected chi connectivity index (χ0v) is 30.5. The molecule has 5 aromatic rings. The number of pyridine rings is 1. The Morgan fingerprint density at radius 3 is 2.17 bits per heavy atom. The van der Waals surface area contributed by atoms with Crippen molar-refractivity contribution in [3.05, 3.63) is 154 Å². The van der Waals surface area contributed by atoms with Gasteiger partial charge in [-0.15, -0.1) is 0 Å². The molecule has 7 nitrogen and oxygen atoms in total. The van der Waals surface area contributed by atoms with Crippen molar-refractivity contribution in [2.24, 2.45) is 0 Å². The van der Waals surface area contributed by atoms with Crippen molar-refractivity contribution in [1.29, 1.82) is 0 Å². The molecule has 4 aromatic carbocycles. The number of benzene rings is 4. The van der Waals surface area contributed by atoms with Crippen molar-refractivity contribution in [2.45, 2.75) is 40.3 Å². The lowest BCUT2D eigenvalue weighted by Crippen LogP contribution is -2.47. The van der Waals surface area contributed by atoms with Crippen molar-refractivity contribution in [3.63, 3.8) is 0 Å². The highest BCUT2D eigenvalue weighted by Crippen LogP contribution is 2.35. The van der Waals surface area contributed by atoms with Crippen LogP contribution in [0.4, 0.5) is 4.39 Å². The van der Waals surface area contributed by atoms with E-state index >= 15 is 0 Å². The normalized spacial score (nSPS) is 13.6. The van der Waals surface area contributed by atoms with E-state index in [9.17, 15) is 9.18 Å². The van der Waals surface area contributed by atoms with E-state index in [1.165, 1.54) is 28.8 Å². The number of rotatable bonds is 13. The molecule has 0 spiro atoms. The smallest absolute Gasteiger partial charge is 0.246 e. The summed E-state index contributed by atoms with van der Waals surface area (Å²) in [4.78, 5) is 21.9. The number of carbonyl (C=O) groups excluding carboxylic acids is 1. The minimum Gasteiger partial charge on any atom is -0.493 e. The van der Waals surface area contributed by atoms with Crippen LogP contribution in [0.1, 0.15) is 40.3 Å². The molecule has 1 aliphatic heterocycles. The summed E-state index contributed by atoms with van der Waals surface area (Å²) in [6.45, 7) is 10.7. The molecule has 0 radical (unpaired) electrons. The van der Waals surface area contributed by atoms with Crippen LogP contribution >= 0.6 is 11.6 Å². The van der Waals surface area contributed by atoms with Crippen LogP contribution in [0, 0.1) is 19.7 Å². The molecule has 1 amide bonds. The quantitative estimate of drug-likeness (QED) is 0.113. The predicted molar refractivity (Wildman–Crippen MR) is 204 cm³/mol. The Kier molecular flexibility index (Phi) is 12.2. The number of carbonyl (C=O) groups is 1. The SMILES string of the molecule is CC(=CC(=O)N1CCN(Cc2ccc(CCOc3ccc(F)cc3)cc2)CC1)c1cc(C)c(Oc2ccc(OCc3ccc(C)cc3)cn2)c(Cl)c1. The van der Waals surface area contributed by atoms with E-state index in [0.29, 0.717) is 54.5 Å². The van der Waals surface area contributed by atoms with Gasteiger partial charge in [0.25, 0.3) is 0 Å². The Hall–Kier alpha value is -5.18. The molecule has 0 atom stereocenters. The van der Waals surface area contributed by atoms with Gasteiger partial charge in [-0.2, -0.15) is 0 Å². The molecule has 1 fully saturated rings. The number of aryl methyl sites for hydroxylation is 2. The zero-order chi connectivity index (χ0) is 36.5. The summed E-state index contributed by atoms with van der Waals surface area (Å²) in [6, 6.07) is 30.2. The molecule has 52 heavy (non-hydrogen) atoms. The summed E-state index contributed by atoms with van der Waals surface area (Å²) in [5, 5.41) is 0.441. The van der Waals surface area contributed by atoms with Gasteiger partial charge in [0.05, 0.1) is 17.8 Å². The molecule has 268 valence electrons. The van der Waals surface area contributed by atoms with Gasteiger partial charge in [-0.25, -0.2) is 9.37 Å². The average molecular weight is 720 g/mol. The Morgan fingerprint density at radius 2 is 1.50 bits per heavy atom. The maximum Gasteiger partial charge on any atom is 0.246 e. The molecule has 0 N–H and O–H groups in total. The van der Waals surface area contributed by atoms with Gasteiger partial charge in [-0.1, -0.05) is 65.7 Å². The van der Waals surface area contributed by atoms with Crippen LogP contribution in [-0.4, -0.2) is 53.5 Å². The first-order valence-corrected chi connectivity index (χ1v) is 17.8. The summed E-state index contributed by atoms with van der Waals surface area (Å²) in [7, 11) is 0. The topological polar surface area (TPSA) is 64.1 Å². The second-order valence-corrected chi connectivity index (χ2v) is 13.5. The fourth-order valence-corrected chi connectivity index (χ4v) is 6.23. The molecule has 0 unspecified atom stereocenters. The number of nitrogens with zero attached hydrogens (tertiary/aromatic N) is 3. The molecule has 1 saturated heterocycles. The molecule has 9 heteroatoms. The van der Waals surface area contributed by atoms with Gasteiger partial charge < -0.3 is 19.1 Å². The number of amides is 1. The lowest BCUT2D eigenvalue weighted by Gasteiger charge is -2.34. The number of ether oxygens (including phenoxy) is 3. The van der Waals surface area contributed by atoms with Gasteiger partial charge in [0.1, 0.15) is 23.9 Å². The molecule has 1 aromatic heterocycles. The summed E-state index contributed by atoms with van der Waals surface area (Å²) in [5.74, 6) is 1.96. The fourth-order valence-electron chi connectivity index (χ4n) is 5.93. The Bertz CT molecular complexity index is 1950. The Labute approximate surface area is 310 Å². The lowest BCUT2D eigenvalue weighted by molar-refractivity contribution is -0.127. The van der Waals surface area contributed by atoms with Crippen LogP contribution in [0.15, 0.2) is 109 Å². The zero-order valence-electron chi connectivity index (χ0n) is 29.8. The number of hydrogen-bond acceptors (Lipinski definition) is 6. The van der Waals surface area contributed by atoms with E-state index in [4.69, 9.17) is 25.8 Å². The van der Waals surface area contributed by atoms with E-state index in [2.05, 4.69) is 53.2 Å². The second-order valence-electron chi connectivity index (χ2n) is 13.1. The molecular weight excluding hydrogens is 677 g/mol. The highest BCUT2D eigenvalue weighted by molar-refractivity contribution is 6.32. The lowest BCUT2D eigenvalue weighted by atomic mass is 10.0. The van der Waals surface area contributed by atoms with Crippen molar-refractivity contribution >= 4 is 23.1 Å². The van der Waals surface area contributed by atoms with Crippen molar-refractivity contribution < 1.29 is 23.4 Å². The average Bonchev–Trinajstić information content (AvgIpc) is 3.15. The number of allylic oxidation sites excluding steroid dienone is 1. The number of halogens is 2. The molecular formula is C43H43ClFN3O4. The minimum absolute atomic E-state index is 0.00709. The molecule has 0 bridgehead atoms. The largest absolute Gasteiger partial charge is 0.493 e. The van der Waals surface area contributed by atoms with Crippen LogP contribution in [0.5, 0.6) is 23.1 Å². The minimum atomic E-state index is -0.272. The van der Waals surface area contributed by atoms with Gasteiger partial charge in [-0.3, -0.25) is 9.69 Å². The molecule has 0 saturated carbocycles. The molecule has 1 aliphatic rings. The first kappa shape index (κ1) is 36.6. The highest BCUT2D eigenvalue weighted by atomic mass is 35.5. The van der Waals surface area contributed by atoms with Crippen molar-refractivity contribution in [3.8, 4) is 23.1 Å². The van der Waals surface area contributed by atoms with E-state index in [1.807, 2.05) is 49.1 Å². The summed E-state index contributed by atoms with van der Waals surface area (Å²) in [6.07, 6.45) is 4.10. The summed E-state index contributed by atoms with van der Waals surface area (Å²) in [5.41, 5.74) is 7.24.